The minimum Gasteiger partial charge on any atom is -0.508 e. The molecular weight excluding hydrogens is 290 g/mol. The predicted molar refractivity (Wildman–Crippen MR) is 90.9 cm³/mol. The molecule has 5 heteroatoms. The maximum Gasteiger partial charge on any atom is 0.280 e. The van der Waals surface area contributed by atoms with E-state index in [1.807, 2.05) is 12.1 Å². The Bertz CT molecular complexity index is 518. The van der Waals surface area contributed by atoms with E-state index >= 15 is 0 Å². The molecule has 0 saturated carbocycles. The molecule has 0 aliphatic carbocycles. The van der Waals surface area contributed by atoms with Crippen LogP contribution in [0.25, 0.3) is 0 Å². The summed E-state index contributed by atoms with van der Waals surface area (Å²) < 4.78 is 0. The Morgan fingerprint density at radius 1 is 1.04 bits per heavy atom. The SMILES string of the molecule is C[C@H](C(=O)N1CCCCC1)[NH+]1CCN(c2ccc(O)cc2)CC1. The molecular formula is C18H28N3O2+. The number of benzene rings is 1. The Kier molecular flexibility index (Phi) is 5.06. The topological polar surface area (TPSA) is 48.2 Å². The number of hydrogen-bond donors (Lipinski definition) is 2. The van der Waals surface area contributed by atoms with E-state index in [4.69, 9.17) is 0 Å². The number of piperazine rings is 1. The van der Waals surface area contributed by atoms with Gasteiger partial charge in [-0.3, -0.25) is 4.79 Å². The van der Waals surface area contributed by atoms with Gasteiger partial charge in [-0.15, -0.1) is 0 Å². The average Bonchev–Trinajstić information content (AvgIpc) is 2.62. The van der Waals surface area contributed by atoms with Crippen LogP contribution in [0, 0.1) is 0 Å². The minimum absolute atomic E-state index is 0.0649. The van der Waals surface area contributed by atoms with Gasteiger partial charge in [-0.1, -0.05) is 0 Å². The maximum atomic E-state index is 12.7. The second-order valence-electron chi connectivity index (χ2n) is 6.77. The zero-order valence-corrected chi connectivity index (χ0v) is 14.0. The molecule has 0 spiro atoms. The number of aromatic hydroxyl groups is 1. The number of amides is 1. The van der Waals surface area contributed by atoms with Gasteiger partial charge >= 0.3 is 0 Å². The highest BCUT2D eigenvalue weighted by Gasteiger charge is 2.32. The lowest BCUT2D eigenvalue weighted by Crippen LogP contribution is -3.19. The quantitative estimate of drug-likeness (QED) is 0.853. The Hall–Kier alpha value is -1.75. The molecule has 2 aliphatic rings. The first-order valence-electron chi connectivity index (χ1n) is 8.82. The summed E-state index contributed by atoms with van der Waals surface area (Å²) in [5, 5.41) is 9.39. The largest absolute Gasteiger partial charge is 0.508 e. The molecule has 126 valence electrons. The normalized spacial score (nSPS) is 21.3. The molecule has 2 N–H and O–H groups in total. The van der Waals surface area contributed by atoms with Gasteiger partial charge in [0.2, 0.25) is 0 Å². The third kappa shape index (κ3) is 3.78. The molecule has 2 saturated heterocycles. The van der Waals surface area contributed by atoms with Crippen LogP contribution in [0.3, 0.4) is 0 Å². The fourth-order valence-corrected chi connectivity index (χ4v) is 3.71. The molecule has 1 amide bonds. The van der Waals surface area contributed by atoms with E-state index in [-0.39, 0.29) is 6.04 Å². The number of hydrogen-bond acceptors (Lipinski definition) is 3. The number of carbonyl (C=O) groups excluding carboxylic acids is 1. The number of rotatable bonds is 3. The van der Waals surface area contributed by atoms with Gasteiger partial charge < -0.3 is 19.8 Å². The van der Waals surface area contributed by atoms with Crippen LogP contribution in [0.5, 0.6) is 5.75 Å². The summed E-state index contributed by atoms with van der Waals surface area (Å²) in [4.78, 5) is 18.4. The van der Waals surface area contributed by atoms with Crippen LogP contribution in [0.4, 0.5) is 5.69 Å². The number of anilines is 1. The molecule has 1 aromatic rings. The van der Waals surface area contributed by atoms with E-state index in [0.717, 1.165) is 57.8 Å². The summed E-state index contributed by atoms with van der Waals surface area (Å²) in [6.45, 7) is 7.85. The van der Waals surface area contributed by atoms with Gasteiger partial charge in [0.15, 0.2) is 6.04 Å². The first kappa shape index (κ1) is 16.1. The Morgan fingerprint density at radius 3 is 2.26 bits per heavy atom. The van der Waals surface area contributed by atoms with Gasteiger partial charge in [0, 0.05) is 18.8 Å². The Labute approximate surface area is 138 Å². The average molecular weight is 318 g/mol. The van der Waals surface area contributed by atoms with Crippen molar-refractivity contribution in [2.45, 2.75) is 32.2 Å². The van der Waals surface area contributed by atoms with Gasteiger partial charge in [0.25, 0.3) is 5.91 Å². The van der Waals surface area contributed by atoms with E-state index in [1.54, 1.807) is 12.1 Å². The van der Waals surface area contributed by atoms with Crippen molar-refractivity contribution < 1.29 is 14.8 Å². The summed E-state index contributed by atoms with van der Waals surface area (Å²) in [5.74, 6) is 0.636. The highest BCUT2D eigenvalue weighted by Crippen LogP contribution is 2.18. The number of piperidine rings is 1. The Balaban J connectivity index is 1.53. The summed E-state index contributed by atoms with van der Waals surface area (Å²) >= 11 is 0. The van der Waals surface area contributed by atoms with Crippen LogP contribution in [0.2, 0.25) is 0 Å². The van der Waals surface area contributed by atoms with Crippen molar-refractivity contribution >= 4 is 11.6 Å². The fourth-order valence-electron chi connectivity index (χ4n) is 3.71. The van der Waals surface area contributed by atoms with E-state index in [9.17, 15) is 9.90 Å². The lowest BCUT2D eigenvalue weighted by Gasteiger charge is -2.38. The third-order valence-corrected chi connectivity index (χ3v) is 5.27. The lowest BCUT2D eigenvalue weighted by atomic mass is 10.1. The summed E-state index contributed by atoms with van der Waals surface area (Å²) in [5.41, 5.74) is 1.15. The van der Waals surface area contributed by atoms with Crippen molar-refractivity contribution in [2.24, 2.45) is 0 Å². The van der Waals surface area contributed by atoms with Crippen LogP contribution in [-0.2, 0) is 4.79 Å². The van der Waals surface area contributed by atoms with Gasteiger partial charge in [-0.05, 0) is 50.5 Å². The van der Waals surface area contributed by atoms with E-state index in [1.165, 1.54) is 11.3 Å². The van der Waals surface area contributed by atoms with E-state index in [0.29, 0.717) is 11.7 Å². The maximum absolute atomic E-state index is 12.7. The number of phenols is 1. The lowest BCUT2D eigenvalue weighted by molar-refractivity contribution is -0.915. The zero-order chi connectivity index (χ0) is 16.2. The molecule has 0 bridgehead atoms. The fraction of sp³-hybridized carbons (Fsp3) is 0.611. The van der Waals surface area contributed by atoms with Crippen LogP contribution < -0.4 is 9.80 Å². The summed E-state index contributed by atoms with van der Waals surface area (Å²) in [6.07, 6.45) is 3.57. The van der Waals surface area contributed by atoms with Gasteiger partial charge in [0.05, 0.1) is 26.2 Å². The standard InChI is InChI=1S/C18H27N3O2/c1-15(18(23)21-9-3-2-4-10-21)19-11-13-20(14-12-19)16-5-7-17(22)8-6-16/h5-8,15,22H,2-4,9-14H2,1H3/p+1/t15-/m1/s1. The van der Waals surface area contributed by atoms with E-state index in [2.05, 4.69) is 16.7 Å². The molecule has 2 heterocycles. The number of quaternary nitrogens is 1. The minimum atomic E-state index is 0.0649. The molecule has 0 aromatic heterocycles. The molecule has 23 heavy (non-hydrogen) atoms. The first-order valence-corrected chi connectivity index (χ1v) is 8.82. The Morgan fingerprint density at radius 2 is 1.65 bits per heavy atom. The predicted octanol–water partition coefficient (Wildman–Crippen LogP) is 0.498. The number of nitrogens with one attached hydrogen (secondary N) is 1. The number of likely N-dealkylation sites (tertiary alicyclic amines) is 1. The van der Waals surface area contributed by atoms with Crippen molar-refractivity contribution in [3.05, 3.63) is 24.3 Å². The second kappa shape index (κ2) is 7.21. The van der Waals surface area contributed by atoms with Crippen LogP contribution in [-0.4, -0.2) is 61.2 Å². The number of phenolic OH excluding ortho intramolecular Hbond substituents is 1. The molecule has 1 aromatic carbocycles. The molecule has 3 rings (SSSR count). The highest BCUT2D eigenvalue weighted by atomic mass is 16.3. The summed E-state index contributed by atoms with van der Waals surface area (Å²) in [7, 11) is 0. The molecule has 0 radical (unpaired) electrons. The highest BCUT2D eigenvalue weighted by molar-refractivity contribution is 5.80. The van der Waals surface area contributed by atoms with Crippen LogP contribution in [0.15, 0.2) is 24.3 Å². The molecule has 2 aliphatic heterocycles. The smallest absolute Gasteiger partial charge is 0.280 e. The van der Waals surface area contributed by atoms with Crippen molar-refractivity contribution in [1.82, 2.24) is 4.90 Å². The van der Waals surface area contributed by atoms with Crippen molar-refractivity contribution in [2.75, 3.05) is 44.2 Å². The zero-order valence-electron chi connectivity index (χ0n) is 14.0. The third-order valence-electron chi connectivity index (χ3n) is 5.27. The number of carbonyl (C=O) groups is 1. The van der Waals surface area contributed by atoms with Crippen molar-refractivity contribution in [3.8, 4) is 5.75 Å². The van der Waals surface area contributed by atoms with Crippen LogP contribution in [0.1, 0.15) is 26.2 Å². The monoisotopic (exact) mass is 318 g/mol. The molecule has 2 fully saturated rings. The van der Waals surface area contributed by atoms with Gasteiger partial charge in [-0.2, -0.15) is 0 Å². The van der Waals surface area contributed by atoms with E-state index < -0.39 is 0 Å². The van der Waals surface area contributed by atoms with Crippen LogP contribution >= 0.6 is 0 Å². The number of nitrogens with zero attached hydrogens (tertiary/aromatic N) is 2. The van der Waals surface area contributed by atoms with Crippen molar-refractivity contribution in [1.29, 1.82) is 0 Å². The first-order chi connectivity index (χ1) is 11.1. The second-order valence-corrected chi connectivity index (χ2v) is 6.77. The van der Waals surface area contributed by atoms with Gasteiger partial charge in [0.1, 0.15) is 5.75 Å². The molecule has 1 atom stereocenters. The summed E-state index contributed by atoms with van der Waals surface area (Å²) in [6, 6.07) is 7.45. The van der Waals surface area contributed by atoms with Gasteiger partial charge in [-0.25, -0.2) is 0 Å². The molecule has 0 unspecified atom stereocenters. The molecule has 5 nitrogen and oxygen atoms in total. The van der Waals surface area contributed by atoms with Crippen molar-refractivity contribution in [3.63, 3.8) is 0 Å².